The Bertz CT molecular complexity index is 1060. The summed E-state index contributed by atoms with van der Waals surface area (Å²) in [6.07, 6.45) is 0. The second-order valence-corrected chi connectivity index (χ2v) is 6.21. The summed E-state index contributed by atoms with van der Waals surface area (Å²) in [6, 6.07) is 15.1. The fraction of sp³-hybridized carbons (Fsp3) is 0.143. The van der Waals surface area contributed by atoms with E-state index in [9.17, 15) is 8.78 Å². The van der Waals surface area contributed by atoms with Crippen molar-refractivity contribution >= 4 is 5.69 Å². The Morgan fingerprint density at radius 3 is 2.07 bits per heavy atom. The summed E-state index contributed by atoms with van der Waals surface area (Å²) in [5, 5.41) is 8.96. The standard InChI is InChI=1S/C21H17F2N3O2/c1-13-18(22)20(27-16-8-4-6-14(10-16)12-24)25-21(19(13)23)28-17-9-5-7-15(11-17)26(2)3/h4-11H,1-3H3. The number of anilines is 1. The summed E-state index contributed by atoms with van der Waals surface area (Å²) < 4.78 is 40.0. The number of benzene rings is 2. The van der Waals surface area contributed by atoms with Gasteiger partial charge in [-0.2, -0.15) is 10.2 Å². The van der Waals surface area contributed by atoms with Gasteiger partial charge in [-0.1, -0.05) is 12.1 Å². The zero-order chi connectivity index (χ0) is 20.3. The highest BCUT2D eigenvalue weighted by Gasteiger charge is 2.21. The van der Waals surface area contributed by atoms with Crippen LogP contribution < -0.4 is 14.4 Å². The van der Waals surface area contributed by atoms with Crippen molar-refractivity contribution in [3.63, 3.8) is 0 Å². The third kappa shape index (κ3) is 4.01. The van der Waals surface area contributed by atoms with E-state index < -0.39 is 23.4 Å². The SMILES string of the molecule is Cc1c(F)c(Oc2cccc(C#N)c2)nc(Oc2cccc(N(C)C)c2)c1F. The lowest BCUT2D eigenvalue weighted by atomic mass is 10.2. The molecule has 28 heavy (non-hydrogen) atoms. The van der Waals surface area contributed by atoms with Crippen LogP contribution in [0, 0.1) is 29.9 Å². The molecule has 3 aromatic rings. The lowest BCUT2D eigenvalue weighted by Gasteiger charge is -2.15. The summed E-state index contributed by atoms with van der Waals surface area (Å²) in [5.74, 6) is -2.13. The Hall–Kier alpha value is -3.66. The van der Waals surface area contributed by atoms with Crippen molar-refractivity contribution in [3.8, 4) is 29.3 Å². The molecule has 0 atom stereocenters. The van der Waals surface area contributed by atoms with E-state index in [4.69, 9.17) is 14.7 Å². The third-order valence-electron chi connectivity index (χ3n) is 3.96. The van der Waals surface area contributed by atoms with Crippen LogP contribution >= 0.6 is 0 Å². The first kappa shape index (κ1) is 19.1. The predicted octanol–water partition coefficient (Wildman–Crippen LogP) is 5.19. The predicted molar refractivity (Wildman–Crippen MR) is 101 cm³/mol. The minimum absolute atomic E-state index is 0.206. The van der Waals surface area contributed by atoms with Crippen molar-refractivity contribution in [3.05, 3.63) is 71.3 Å². The molecular weight excluding hydrogens is 364 g/mol. The maximum atomic E-state index is 14.5. The van der Waals surface area contributed by atoms with Crippen molar-refractivity contribution in [1.29, 1.82) is 5.26 Å². The molecule has 1 heterocycles. The summed E-state index contributed by atoms with van der Waals surface area (Å²) in [6.45, 7) is 1.27. The molecule has 7 heteroatoms. The van der Waals surface area contributed by atoms with Gasteiger partial charge in [0, 0.05) is 31.4 Å². The van der Waals surface area contributed by atoms with Gasteiger partial charge in [-0.05, 0) is 37.3 Å². The number of ether oxygens (including phenoxy) is 2. The molecule has 0 N–H and O–H groups in total. The van der Waals surface area contributed by atoms with Gasteiger partial charge in [0.2, 0.25) is 0 Å². The van der Waals surface area contributed by atoms with Gasteiger partial charge in [0.05, 0.1) is 11.6 Å². The fourth-order valence-electron chi connectivity index (χ4n) is 2.42. The Labute approximate surface area is 161 Å². The van der Waals surface area contributed by atoms with Crippen molar-refractivity contribution < 1.29 is 18.3 Å². The van der Waals surface area contributed by atoms with Crippen molar-refractivity contribution in [1.82, 2.24) is 4.98 Å². The molecule has 0 bridgehead atoms. The van der Waals surface area contributed by atoms with E-state index in [2.05, 4.69) is 4.98 Å². The Kier molecular flexibility index (Phi) is 5.41. The minimum Gasteiger partial charge on any atom is -0.436 e. The van der Waals surface area contributed by atoms with Crippen LogP contribution in [0.1, 0.15) is 11.1 Å². The first-order chi connectivity index (χ1) is 13.4. The second-order valence-electron chi connectivity index (χ2n) is 6.21. The molecule has 0 aliphatic heterocycles. The molecule has 0 unspecified atom stereocenters. The lowest BCUT2D eigenvalue weighted by Crippen LogP contribution is -2.08. The van der Waals surface area contributed by atoms with Crippen LogP contribution in [0.2, 0.25) is 0 Å². The second kappa shape index (κ2) is 7.92. The largest absolute Gasteiger partial charge is 0.436 e. The molecular formula is C21H17F2N3O2. The Morgan fingerprint density at radius 2 is 1.50 bits per heavy atom. The molecule has 142 valence electrons. The van der Waals surface area contributed by atoms with Crippen LogP contribution in [-0.4, -0.2) is 19.1 Å². The molecule has 1 aromatic heterocycles. The van der Waals surface area contributed by atoms with E-state index in [-0.39, 0.29) is 11.3 Å². The number of halogens is 2. The highest BCUT2D eigenvalue weighted by atomic mass is 19.1. The highest BCUT2D eigenvalue weighted by Crippen LogP contribution is 2.33. The number of nitriles is 1. The van der Waals surface area contributed by atoms with Gasteiger partial charge in [0.15, 0.2) is 11.6 Å². The fourth-order valence-corrected chi connectivity index (χ4v) is 2.42. The molecule has 3 rings (SSSR count). The molecule has 0 aliphatic carbocycles. The van der Waals surface area contributed by atoms with Crippen LogP contribution in [0.15, 0.2) is 48.5 Å². The number of pyridine rings is 1. The van der Waals surface area contributed by atoms with Gasteiger partial charge in [-0.3, -0.25) is 0 Å². The Balaban J connectivity index is 1.96. The number of aromatic nitrogens is 1. The summed E-state index contributed by atoms with van der Waals surface area (Å²) in [7, 11) is 3.72. The van der Waals surface area contributed by atoms with Crippen LogP contribution in [0.3, 0.4) is 0 Å². The number of rotatable bonds is 5. The van der Waals surface area contributed by atoms with Crippen molar-refractivity contribution in [2.45, 2.75) is 6.92 Å². The van der Waals surface area contributed by atoms with Gasteiger partial charge < -0.3 is 14.4 Å². The van der Waals surface area contributed by atoms with Gasteiger partial charge >= 0.3 is 0 Å². The topological polar surface area (TPSA) is 58.4 Å². The summed E-state index contributed by atoms with van der Waals surface area (Å²) in [4.78, 5) is 5.73. The first-order valence-electron chi connectivity index (χ1n) is 8.38. The molecule has 0 saturated heterocycles. The smallest absolute Gasteiger partial charge is 0.259 e. The normalized spacial score (nSPS) is 10.3. The molecule has 0 amide bonds. The molecule has 0 saturated carbocycles. The molecule has 5 nitrogen and oxygen atoms in total. The quantitative estimate of drug-likeness (QED) is 0.609. The number of nitrogens with zero attached hydrogens (tertiary/aromatic N) is 3. The maximum absolute atomic E-state index is 14.5. The van der Waals surface area contributed by atoms with Gasteiger partial charge in [-0.25, -0.2) is 8.78 Å². The minimum atomic E-state index is -0.936. The summed E-state index contributed by atoms with van der Waals surface area (Å²) in [5.41, 5.74) is 0.912. The number of hydrogen-bond acceptors (Lipinski definition) is 5. The van der Waals surface area contributed by atoms with Gasteiger partial charge in [-0.15, -0.1) is 0 Å². The average molecular weight is 381 g/mol. The Morgan fingerprint density at radius 1 is 0.929 bits per heavy atom. The molecule has 2 aromatic carbocycles. The lowest BCUT2D eigenvalue weighted by molar-refractivity contribution is 0.373. The highest BCUT2D eigenvalue weighted by molar-refractivity contribution is 5.50. The number of hydrogen-bond donors (Lipinski definition) is 0. The van der Waals surface area contributed by atoms with Crippen LogP contribution in [0.5, 0.6) is 23.3 Å². The van der Waals surface area contributed by atoms with Gasteiger partial charge in [0.1, 0.15) is 11.5 Å². The van der Waals surface area contributed by atoms with E-state index in [0.717, 1.165) is 5.69 Å². The third-order valence-corrected chi connectivity index (χ3v) is 3.96. The van der Waals surface area contributed by atoms with Crippen LogP contribution in [0.4, 0.5) is 14.5 Å². The van der Waals surface area contributed by atoms with E-state index >= 15 is 0 Å². The maximum Gasteiger partial charge on any atom is 0.259 e. The first-order valence-corrected chi connectivity index (χ1v) is 8.38. The van der Waals surface area contributed by atoms with E-state index in [1.165, 1.54) is 13.0 Å². The van der Waals surface area contributed by atoms with Gasteiger partial charge in [0.25, 0.3) is 11.8 Å². The summed E-state index contributed by atoms with van der Waals surface area (Å²) >= 11 is 0. The zero-order valence-corrected chi connectivity index (χ0v) is 15.5. The van der Waals surface area contributed by atoms with E-state index in [1.54, 1.807) is 36.4 Å². The van der Waals surface area contributed by atoms with E-state index in [0.29, 0.717) is 11.3 Å². The van der Waals surface area contributed by atoms with Crippen molar-refractivity contribution in [2.24, 2.45) is 0 Å². The van der Waals surface area contributed by atoms with Crippen LogP contribution in [0.25, 0.3) is 0 Å². The molecule has 0 aliphatic rings. The molecule has 0 fully saturated rings. The van der Waals surface area contributed by atoms with E-state index in [1.807, 2.05) is 31.1 Å². The van der Waals surface area contributed by atoms with Crippen LogP contribution in [-0.2, 0) is 0 Å². The molecule has 0 radical (unpaired) electrons. The van der Waals surface area contributed by atoms with Crippen molar-refractivity contribution in [2.75, 3.05) is 19.0 Å². The monoisotopic (exact) mass is 381 g/mol. The average Bonchev–Trinajstić information content (AvgIpc) is 2.70. The molecule has 0 spiro atoms. The zero-order valence-electron chi connectivity index (χ0n) is 15.5.